The SMILES string of the molecule is Fc1cccc(-c2nc3n(c2-c2ccc4cn[nH]c4c2)CCC3)c1.Fc1cccc(-c2nc3n(c2-c2ccc4nccnc4c2)CCC3)c1.Fc1cccc(-c2nc3n(c2-c2ccc4ncsc4c2)CCC3)c1. The molecule has 6 aromatic carbocycles. The summed E-state index contributed by atoms with van der Waals surface area (Å²) in [6.07, 6.45) is 11.4. The molecule has 73 heavy (non-hydrogen) atoms. The van der Waals surface area contributed by atoms with Crippen molar-refractivity contribution in [2.45, 2.75) is 58.2 Å². The predicted octanol–water partition coefficient (Wildman–Crippen LogP) is 13.3. The number of nitrogens with zero attached hydrogens (tertiary/aromatic N) is 10. The molecule has 9 heterocycles. The number of imidazole rings is 3. The molecule has 12 aromatic rings. The number of H-pyrrole nitrogens is 1. The summed E-state index contributed by atoms with van der Waals surface area (Å²) in [6.45, 7) is 2.85. The first-order valence-corrected chi connectivity index (χ1v) is 25.3. The summed E-state index contributed by atoms with van der Waals surface area (Å²) < 4.78 is 49.1. The van der Waals surface area contributed by atoms with Crippen molar-refractivity contribution < 1.29 is 13.2 Å². The third-order valence-corrected chi connectivity index (χ3v) is 14.6. The van der Waals surface area contributed by atoms with Crippen LogP contribution in [-0.4, -0.2) is 53.8 Å². The van der Waals surface area contributed by atoms with E-state index in [2.05, 4.69) is 69.2 Å². The van der Waals surface area contributed by atoms with Gasteiger partial charge in [0.15, 0.2) is 0 Å². The van der Waals surface area contributed by atoms with E-state index in [-0.39, 0.29) is 17.5 Å². The molecule has 0 spiro atoms. The summed E-state index contributed by atoms with van der Waals surface area (Å²) in [5.74, 6) is 2.51. The van der Waals surface area contributed by atoms with Crippen molar-refractivity contribution in [2.24, 2.45) is 0 Å². The molecule has 1 N–H and O–H groups in total. The van der Waals surface area contributed by atoms with Gasteiger partial charge in [-0.05, 0) is 86.0 Å². The molecule has 6 aromatic heterocycles. The van der Waals surface area contributed by atoms with E-state index in [4.69, 9.17) is 15.0 Å². The summed E-state index contributed by atoms with van der Waals surface area (Å²) in [6, 6.07) is 38.6. The molecule has 11 nitrogen and oxygen atoms in total. The number of rotatable bonds is 6. The fourth-order valence-corrected chi connectivity index (χ4v) is 11.3. The van der Waals surface area contributed by atoms with Crippen molar-refractivity contribution in [3.8, 4) is 67.5 Å². The number of halogens is 3. The maximum absolute atomic E-state index is 13.7. The first-order chi connectivity index (χ1) is 35.9. The molecule has 0 saturated carbocycles. The Morgan fingerprint density at radius 3 is 1.47 bits per heavy atom. The average Bonchev–Trinajstić information content (AvgIpc) is 4.27. The quantitative estimate of drug-likeness (QED) is 0.176. The van der Waals surface area contributed by atoms with Crippen LogP contribution in [0.5, 0.6) is 0 Å². The molecular weight excluding hydrogens is 940 g/mol. The topological polar surface area (TPSA) is 121 Å². The molecule has 15 heteroatoms. The Hall–Kier alpha value is -8.56. The van der Waals surface area contributed by atoms with Crippen LogP contribution in [0.4, 0.5) is 13.2 Å². The number of thiazole rings is 1. The third-order valence-electron chi connectivity index (χ3n) is 13.8. The van der Waals surface area contributed by atoms with Crippen LogP contribution in [0.15, 0.2) is 151 Å². The van der Waals surface area contributed by atoms with Crippen molar-refractivity contribution in [2.75, 3.05) is 0 Å². The highest BCUT2D eigenvalue weighted by Crippen LogP contribution is 2.40. The molecule has 15 rings (SSSR count). The van der Waals surface area contributed by atoms with E-state index in [1.807, 2.05) is 54.2 Å². The van der Waals surface area contributed by atoms with E-state index in [1.165, 1.54) is 18.2 Å². The first-order valence-electron chi connectivity index (χ1n) is 24.4. The van der Waals surface area contributed by atoms with Crippen LogP contribution in [0, 0.1) is 17.5 Å². The normalized spacial score (nSPS) is 13.5. The minimum atomic E-state index is -0.249. The van der Waals surface area contributed by atoms with Gasteiger partial charge in [0.05, 0.1) is 72.6 Å². The summed E-state index contributed by atoms with van der Waals surface area (Å²) in [7, 11) is 0. The van der Waals surface area contributed by atoms with Gasteiger partial charge >= 0.3 is 0 Å². The number of aryl methyl sites for hydroxylation is 3. The van der Waals surface area contributed by atoms with Gasteiger partial charge in [-0.1, -0.05) is 60.7 Å². The summed E-state index contributed by atoms with van der Waals surface area (Å²) in [5, 5.41) is 8.19. The van der Waals surface area contributed by atoms with Gasteiger partial charge in [0.2, 0.25) is 0 Å². The second-order valence-corrected chi connectivity index (χ2v) is 19.3. The molecule has 0 saturated heterocycles. The van der Waals surface area contributed by atoms with Crippen molar-refractivity contribution in [3.63, 3.8) is 0 Å². The van der Waals surface area contributed by atoms with E-state index in [0.717, 1.165) is 175 Å². The highest BCUT2D eigenvalue weighted by atomic mass is 32.1. The van der Waals surface area contributed by atoms with Crippen molar-refractivity contribution >= 4 is 43.5 Å². The van der Waals surface area contributed by atoms with Crippen LogP contribution in [0.2, 0.25) is 0 Å². The Kier molecular flexibility index (Phi) is 11.3. The Bertz CT molecular complexity index is 3880. The molecule has 3 aliphatic heterocycles. The van der Waals surface area contributed by atoms with Gasteiger partial charge in [0.25, 0.3) is 0 Å². The van der Waals surface area contributed by atoms with Gasteiger partial charge in [-0.3, -0.25) is 15.1 Å². The highest BCUT2D eigenvalue weighted by molar-refractivity contribution is 7.16. The molecule has 358 valence electrons. The Labute approximate surface area is 420 Å². The minimum absolute atomic E-state index is 0.232. The van der Waals surface area contributed by atoms with Crippen LogP contribution >= 0.6 is 11.3 Å². The lowest BCUT2D eigenvalue weighted by Gasteiger charge is -2.09. The second-order valence-electron chi connectivity index (χ2n) is 18.4. The summed E-state index contributed by atoms with van der Waals surface area (Å²) in [5.41, 5.74) is 17.0. The highest BCUT2D eigenvalue weighted by Gasteiger charge is 2.27. The summed E-state index contributed by atoms with van der Waals surface area (Å²) in [4.78, 5) is 27.6. The number of benzene rings is 6. The van der Waals surface area contributed by atoms with E-state index in [1.54, 1.807) is 60.1 Å². The van der Waals surface area contributed by atoms with Crippen LogP contribution in [0.25, 0.3) is 99.7 Å². The fraction of sp³-hybridized carbons (Fsp3) is 0.155. The Morgan fingerprint density at radius 1 is 0.452 bits per heavy atom. The number of fused-ring (bicyclic) bond motifs is 6. The number of hydrogen-bond acceptors (Lipinski definition) is 8. The third kappa shape index (κ3) is 8.34. The fourth-order valence-electron chi connectivity index (χ4n) is 10.6. The lowest BCUT2D eigenvalue weighted by molar-refractivity contribution is 0.628. The van der Waals surface area contributed by atoms with Gasteiger partial charge in [-0.15, -0.1) is 11.3 Å². The molecule has 3 aliphatic rings. The maximum atomic E-state index is 13.7. The molecule has 0 bridgehead atoms. The zero-order chi connectivity index (χ0) is 49.0. The molecule has 0 aliphatic carbocycles. The predicted molar refractivity (Wildman–Crippen MR) is 280 cm³/mol. The van der Waals surface area contributed by atoms with Crippen LogP contribution in [0.3, 0.4) is 0 Å². The van der Waals surface area contributed by atoms with Crippen molar-refractivity contribution in [1.82, 2.24) is 53.8 Å². The second kappa shape index (κ2) is 18.6. The van der Waals surface area contributed by atoms with E-state index in [0.29, 0.717) is 0 Å². The minimum Gasteiger partial charge on any atom is -0.327 e. The van der Waals surface area contributed by atoms with Gasteiger partial charge in [-0.25, -0.2) is 33.1 Å². The number of aromatic amines is 1. The first kappa shape index (κ1) is 44.4. The monoisotopic (exact) mass is 983 g/mol. The molecule has 0 radical (unpaired) electrons. The van der Waals surface area contributed by atoms with Gasteiger partial charge < -0.3 is 13.7 Å². The maximum Gasteiger partial charge on any atom is 0.123 e. The molecule has 0 atom stereocenters. The van der Waals surface area contributed by atoms with Gasteiger partial charge in [-0.2, -0.15) is 5.10 Å². The standard InChI is InChI=1S/C20H15FN4.C19H15FN4.C19H14FN3S/c21-15-4-1-3-13(11-15)19-20(25-10-2-5-18(25)24-19)14-6-7-16-17(12-14)23-9-8-22-16;20-15-4-1-3-12(9-15)18-19(24-8-2-5-17(24)22-18)13-6-7-14-11-21-23-16(14)10-13;20-14-4-1-3-12(9-14)18-19(23-8-2-5-17(23)22-18)13-6-7-15-16(10-13)24-11-21-15/h1,3-4,6-9,11-12H,2,5,10H2;1,3-4,6-7,9-11H,2,5,8H2,(H,21,23);1,3-4,6-7,9-11H,2,5,8H2. The van der Waals surface area contributed by atoms with Gasteiger partial charge in [0.1, 0.15) is 34.9 Å². The largest absolute Gasteiger partial charge is 0.327 e. The van der Waals surface area contributed by atoms with Gasteiger partial charge in [0, 0.05) is 90.1 Å². The zero-order valence-corrected chi connectivity index (χ0v) is 40.1. The van der Waals surface area contributed by atoms with Crippen molar-refractivity contribution in [3.05, 3.63) is 186 Å². The molecule has 0 unspecified atom stereocenters. The van der Waals surface area contributed by atoms with Crippen LogP contribution in [0.1, 0.15) is 36.7 Å². The van der Waals surface area contributed by atoms with Crippen LogP contribution < -0.4 is 0 Å². The lowest BCUT2D eigenvalue weighted by atomic mass is 10.0. The molecular formula is C58H44F3N11S. The molecule has 0 fully saturated rings. The Morgan fingerprint density at radius 2 is 0.932 bits per heavy atom. The number of hydrogen-bond donors (Lipinski definition) is 1. The smallest absolute Gasteiger partial charge is 0.123 e. The van der Waals surface area contributed by atoms with Crippen molar-refractivity contribution in [1.29, 1.82) is 0 Å². The average molecular weight is 984 g/mol. The number of aromatic nitrogens is 11. The Balaban J connectivity index is 0.000000106. The summed E-state index contributed by atoms with van der Waals surface area (Å²) >= 11 is 1.64. The van der Waals surface area contributed by atoms with E-state index in [9.17, 15) is 13.2 Å². The number of nitrogens with one attached hydrogen (secondary N) is 1. The van der Waals surface area contributed by atoms with E-state index >= 15 is 0 Å². The zero-order valence-electron chi connectivity index (χ0n) is 39.3. The lowest BCUT2D eigenvalue weighted by Crippen LogP contribution is -1.97. The molecule has 0 amide bonds. The van der Waals surface area contributed by atoms with E-state index < -0.39 is 0 Å². The van der Waals surface area contributed by atoms with Crippen LogP contribution in [-0.2, 0) is 38.9 Å².